The Bertz CT molecular complexity index is 1080. The number of aromatic nitrogens is 3. The number of fused-ring (bicyclic) bond motifs is 1. The predicted molar refractivity (Wildman–Crippen MR) is 120 cm³/mol. The number of carbonyl (C=O) groups excluding carboxylic acids is 1. The molecule has 0 unspecified atom stereocenters. The van der Waals surface area contributed by atoms with Crippen LogP contribution in [0.1, 0.15) is 12.5 Å². The third kappa shape index (κ3) is 3.73. The van der Waals surface area contributed by atoms with Gasteiger partial charge in [-0.25, -0.2) is 0 Å². The molecule has 0 saturated carbocycles. The van der Waals surface area contributed by atoms with Gasteiger partial charge in [-0.2, -0.15) is 0 Å². The summed E-state index contributed by atoms with van der Waals surface area (Å²) < 4.78 is 7.44. The fraction of sp³-hybridized carbons (Fsp3) is 0.261. The van der Waals surface area contributed by atoms with Crippen LogP contribution in [0.2, 0.25) is 0 Å². The number of ether oxygens (including phenoxy) is 1. The number of hydrogen-bond acceptors (Lipinski definition) is 5. The van der Waals surface area contributed by atoms with E-state index in [1.165, 1.54) is 17.3 Å². The maximum absolute atomic E-state index is 13.0. The summed E-state index contributed by atoms with van der Waals surface area (Å²) in [4.78, 5) is 14.9. The van der Waals surface area contributed by atoms with Crippen LogP contribution in [0, 0.1) is 0 Å². The highest BCUT2D eigenvalue weighted by Gasteiger charge is 2.30. The van der Waals surface area contributed by atoms with Crippen molar-refractivity contribution in [1.29, 1.82) is 0 Å². The van der Waals surface area contributed by atoms with Crippen LogP contribution in [0.15, 0.2) is 66.3 Å². The quantitative estimate of drug-likeness (QED) is 0.423. The minimum Gasteiger partial charge on any atom is -0.496 e. The number of nitrogens with zero attached hydrogens (tertiary/aromatic N) is 4. The molecule has 154 valence electrons. The van der Waals surface area contributed by atoms with E-state index in [1.807, 2.05) is 51.9 Å². The molecule has 1 aromatic heterocycles. The van der Waals surface area contributed by atoms with Crippen LogP contribution in [-0.4, -0.2) is 39.6 Å². The molecule has 1 amide bonds. The standard InChI is InChI=1S/C23H24N4O2S/c1-4-13-26-22(18-10-6-8-12-20(18)29-3)24-25-23(26)30-15-21(28)27-16(2)14-17-9-5-7-11-19(17)27/h4-12,16H,1,13-15H2,2-3H3/t16-/m0/s1. The minimum absolute atomic E-state index is 0.0736. The van der Waals surface area contributed by atoms with E-state index >= 15 is 0 Å². The van der Waals surface area contributed by atoms with E-state index < -0.39 is 0 Å². The highest BCUT2D eigenvalue weighted by molar-refractivity contribution is 7.99. The number of carbonyl (C=O) groups is 1. The van der Waals surface area contributed by atoms with Gasteiger partial charge in [-0.15, -0.1) is 16.8 Å². The topological polar surface area (TPSA) is 60.2 Å². The van der Waals surface area contributed by atoms with E-state index in [0.29, 0.717) is 23.3 Å². The number of amides is 1. The summed E-state index contributed by atoms with van der Waals surface area (Å²) in [7, 11) is 1.64. The molecule has 2 aromatic carbocycles. The van der Waals surface area contributed by atoms with Crippen molar-refractivity contribution < 1.29 is 9.53 Å². The van der Waals surface area contributed by atoms with Gasteiger partial charge in [0.2, 0.25) is 5.91 Å². The van der Waals surface area contributed by atoms with Crippen molar-refractivity contribution in [1.82, 2.24) is 14.8 Å². The Morgan fingerprint density at radius 3 is 2.80 bits per heavy atom. The van der Waals surface area contributed by atoms with Crippen LogP contribution in [0.3, 0.4) is 0 Å². The molecule has 0 fully saturated rings. The number of allylic oxidation sites excluding steroid dienone is 1. The molecule has 0 bridgehead atoms. The first-order chi connectivity index (χ1) is 14.6. The number of rotatable bonds is 7. The number of benzene rings is 2. The van der Waals surface area contributed by atoms with Gasteiger partial charge in [-0.05, 0) is 37.1 Å². The van der Waals surface area contributed by atoms with Crippen molar-refractivity contribution in [2.45, 2.75) is 31.1 Å². The SMILES string of the molecule is C=CCn1c(SCC(=O)N2c3ccccc3C[C@@H]2C)nnc1-c1ccccc1OC. The Balaban J connectivity index is 1.56. The zero-order valence-electron chi connectivity index (χ0n) is 17.1. The summed E-state index contributed by atoms with van der Waals surface area (Å²) in [5.41, 5.74) is 3.09. The highest BCUT2D eigenvalue weighted by Crippen LogP contribution is 2.34. The Morgan fingerprint density at radius 1 is 1.23 bits per heavy atom. The predicted octanol–water partition coefficient (Wildman–Crippen LogP) is 4.21. The third-order valence-corrected chi connectivity index (χ3v) is 6.13. The lowest BCUT2D eigenvalue weighted by Crippen LogP contribution is -2.37. The summed E-state index contributed by atoms with van der Waals surface area (Å²) in [6, 6.07) is 16.0. The molecule has 0 saturated heterocycles. The molecule has 30 heavy (non-hydrogen) atoms. The van der Waals surface area contributed by atoms with Crippen molar-refractivity contribution in [2.24, 2.45) is 0 Å². The first-order valence-corrected chi connectivity index (χ1v) is 10.8. The van der Waals surface area contributed by atoms with Crippen molar-refractivity contribution in [3.8, 4) is 17.1 Å². The van der Waals surface area contributed by atoms with Gasteiger partial charge in [-0.3, -0.25) is 9.36 Å². The van der Waals surface area contributed by atoms with Crippen LogP contribution in [0.4, 0.5) is 5.69 Å². The van der Waals surface area contributed by atoms with Gasteiger partial charge in [-0.1, -0.05) is 48.2 Å². The van der Waals surface area contributed by atoms with E-state index in [2.05, 4.69) is 29.8 Å². The lowest BCUT2D eigenvalue weighted by molar-refractivity contribution is -0.116. The second kappa shape index (κ2) is 8.75. The molecule has 1 aliphatic rings. The number of para-hydroxylation sites is 2. The molecule has 0 radical (unpaired) electrons. The average molecular weight is 421 g/mol. The minimum atomic E-state index is 0.0736. The van der Waals surface area contributed by atoms with Crippen LogP contribution < -0.4 is 9.64 Å². The molecule has 0 spiro atoms. The summed E-state index contributed by atoms with van der Waals surface area (Å²) in [5, 5.41) is 9.41. The zero-order chi connectivity index (χ0) is 21.1. The van der Waals surface area contributed by atoms with Crippen LogP contribution >= 0.6 is 11.8 Å². The zero-order valence-corrected chi connectivity index (χ0v) is 17.9. The molecule has 7 heteroatoms. The van der Waals surface area contributed by atoms with E-state index in [0.717, 1.165) is 23.4 Å². The lowest BCUT2D eigenvalue weighted by atomic mass is 10.1. The number of anilines is 1. The van der Waals surface area contributed by atoms with E-state index in [1.54, 1.807) is 13.2 Å². The summed E-state index contributed by atoms with van der Waals surface area (Å²) in [6.45, 7) is 6.48. The smallest absolute Gasteiger partial charge is 0.237 e. The monoisotopic (exact) mass is 420 g/mol. The first-order valence-electron chi connectivity index (χ1n) is 9.84. The number of methoxy groups -OCH3 is 1. The molecule has 3 aromatic rings. The molecule has 0 aliphatic carbocycles. The fourth-order valence-corrected chi connectivity index (χ4v) is 4.67. The third-order valence-electron chi connectivity index (χ3n) is 5.18. The molecular weight excluding hydrogens is 396 g/mol. The van der Waals surface area contributed by atoms with Gasteiger partial charge in [0.25, 0.3) is 0 Å². The summed E-state index contributed by atoms with van der Waals surface area (Å²) in [5.74, 6) is 1.79. The lowest BCUT2D eigenvalue weighted by Gasteiger charge is -2.22. The van der Waals surface area contributed by atoms with Gasteiger partial charge >= 0.3 is 0 Å². The maximum atomic E-state index is 13.0. The van der Waals surface area contributed by atoms with E-state index in [9.17, 15) is 4.79 Å². The molecule has 0 N–H and O–H groups in total. The Labute approximate surface area is 180 Å². The van der Waals surface area contributed by atoms with E-state index in [4.69, 9.17) is 4.74 Å². The Morgan fingerprint density at radius 2 is 2.00 bits per heavy atom. The Kier molecular flexibility index (Phi) is 5.90. The fourth-order valence-electron chi connectivity index (χ4n) is 3.86. The largest absolute Gasteiger partial charge is 0.496 e. The van der Waals surface area contributed by atoms with Crippen LogP contribution in [0.25, 0.3) is 11.4 Å². The molecule has 6 nitrogen and oxygen atoms in total. The Hall–Kier alpha value is -3.06. The van der Waals surface area contributed by atoms with Gasteiger partial charge in [0.05, 0.1) is 18.4 Å². The molecule has 2 heterocycles. The number of thioether (sulfide) groups is 1. The van der Waals surface area contributed by atoms with Gasteiger partial charge in [0, 0.05) is 18.3 Å². The van der Waals surface area contributed by atoms with Crippen molar-refractivity contribution >= 4 is 23.4 Å². The summed E-state index contributed by atoms with van der Waals surface area (Å²) >= 11 is 1.40. The van der Waals surface area contributed by atoms with E-state index in [-0.39, 0.29) is 11.9 Å². The molecule has 4 rings (SSSR count). The second-order valence-electron chi connectivity index (χ2n) is 7.14. The van der Waals surface area contributed by atoms with Crippen LogP contribution in [0.5, 0.6) is 5.75 Å². The van der Waals surface area contributed by atoms with Crippen molar-refractivity contribution in [2.75, 3.05) is 17.8 Å². The highest BCUT2D eigenvalue weighted by atomic mass is 32.2. The average Bonchev–Trinajstić information content (AvgIpc) is 3.32. The van der Waals surface area contributed by atoms with Crippen molar-refractivity contribution in [3.63, 3.8) is 0 Å². The molecule has 1 atom stereocenters. The van der Waals surface area contributed by atoms with Gasteiger partial charge in [0.1, 0.15) is 5.75 Å². The van der Waals surface area contributed by atoms with Crippen LogP contribution in [-0.2, 0) is 17.8 Å². The molecule has 1 aliphatic heterocycles. The number of hydrogen-bond donors (Lipinski definition) is 0. The van der Waals surface area contributed by atoms with Gasteiger partial charge < -0.3 is 9.64 Å². The first kappa shape index (κ1) is 20.2. The second-order valence-corrected chi connectivity index (χ2v) is 8.08. The maximum Gasteiger partial charge on any atom is 0.237 e. The van der Waals surface area contributed by atoms with Crippen molar-refractivity contribution in [3.05, 3.63) is 66.7 Å². The normalized spacial score (nSPS) is 15.1. The molecular formula is C23H24N4O2S. The van der Waals surface area contributed by atoms with Gasteiger partial charge in [0.15, 0.2) is 11.0 Å². The summed E-state index contributed by atoms with van der Waals surface area (Å²) in [6.07, 6.45) is 2.68.